The number of aliphatic imine (C=N–C) groups is 1. The maximum atomic E-state index is 6.17. The van der Waals surface area contributed by atoms with Gasteiger partial charge in [-0.2, -0.15) is 0 Å². The zero-order valence-corrected chi connectivity index (χ0v) is 17.4. The van der Waals surface area contributed by atoms with Crippen molar-refractivity contribution in [1.29, 1.82) is 0 Å². The van der Waals surface area contributed by atoms with Crippen molar-refractivity contribution < 1.29 is 9.47 Å². The number of morpholine rings is 1. The second-order valence-corrected chi connectivity index (χ2v) is 6.48. The minimum Gasteiger partial charge on any atom is -0.497 e. The van der Waals surface area contributed by atoms with Crippen LogP contribution < -0.4 is 10.5 Å². The van der Waals surface area contributed by atoms with Gasteiger partial charge in [0, 0.05) is 26.2 Å². The minimum absolute atomic E-state index is 0. The molecule has 1 aromatic rings. The number of methoxy groups -OCH3 is 1. The summed E-state index contributed by atoms with van der Waals surface area (Å²) in [6, 6.07) is 9.05. The second-order valence-electron chi connectivity index (χ2n) is 6.48. The molecule has 0 radical (unpaired) electrons. The molecule has 0 aromatic heterocycles. The first-order valence-corrected chi connectivity index (χ1v) is 8.67. The standard InChI is InChI=1S/C18H28N4O2.HI/c1-21(15-5-6-15)18(19)20-13-17(22-9-11-24-12-10-22)14-3-7-16(23-2)8-4-14;/h3-4,7-8,15,17H,5-6,9-13H2,1-2H3,(H2,19,20);1H. The molecule has 0 amide bonds. The van der Waals surface area contributed by atoms with Crippen LogP contribution in [-0.4, -0.2) is 68.8 Å². The summed E-state index contributed by atoms with van der Waals surface area (Å²) < 4.78 is 10.8. The summed E-state index contributed by atoms with van der Waals surface area (Å²) in [4.78, 5) is 9.22. The van der Waals surface area contributed by atoms with Crippen molar-refractivity contribution in [2.24, 2.45) is 10.7 Å². The largest absolute Gasteiger partial charge is 0.497 e. The molecule has 2 fully saturated rings. The molecule has 7 heteroatoms. The Labute approximate surface area is 167 Å². The summed E-state index contributed by atoms with van der Waals surface area (Å²) in [5, 5.41) is 0. The topological polar surface area (TPSA) is 63.3 Å². The van der Waals surface area contributed by atoms with E-state index < -0.39 is 0 Å². The van der Waals surface area contributed by atoms with Gasteiger partial charge in [0.15, 0.2) is 5.96 Å². The minimum atomic E-state index is 0. The highest BCUT2D eigenvalue weighted by atomic mass is 127. The van der Waals surface area contributed by atoms with Crippen LogP contribution >= 0.6 is 24.0 Å². The monoisotopic (exact) mass is 460 g/mol. The first-order valence-electron chi connectivity index (χ1n) is 8.67. The van der Waals surface area contributed by atoms with E-state index in [1.54, 1.807) is 7.11 Å². The number of halogens is 1. The van der Waals surface area contributed by atoms with Gasteiger partial charge in [-0.3, -0.25) is 9.89 Å². The van der Waals surface area contributed by atoms with Gasteiger partial charge in [-0.15, -0.1) is 24.0 Å². The predicted octanol–water partition coefficient (Wildman–Crippen LogP) is 2.10. The van der Waals surface area contributed by atoms with E-state index >= 15 is 0 Å². The third-order valence-corrected chi connectivity index (χ3v) is 4.87. The molecule has 25 heavy (non-hydrogen) atoms. The normalized spacial score (nSPS) is 19.8. The van der Waals surface area contributed by atoms with Crippen LogP contribution in [0.2, 0.25) is 0 Å². The average molecular weight is 460 g/mol. The van der Waals surface area contributed by atoms with Crippen molar-refractivity contribution in [3.8, 4) is 5.75 Å². The smallest absolute Gasteiger partial charge is 0.191 e. The van der Waals surface area contributed by atoms with Gasteiger partial charge in [-0.25, -0.2) is 0 Å². The molecule has 1 unspecified atom stereocenters. The van der Waals surface area contributed by atoms with E-state index in [1.807, 2.05) is 19.2 Å². The number of benzene rings is 1. The number of guanidine groups is 1. The Morgan fingerprint density at radius 2 is 1.96 bits per heavy atom. The van der Waals surface area contributed by atoms with E-state index in [2.05, 4.69) is 26.9 Å². The highest BCUT2D eigenvalue weighted by molar-refractivity contribution is 14.0. The lowest BCUT2D eigenvalue weighted by atomic mass is 10.0. The van der Waals surface area contributed by atoms with E-state index in [0.29, 0.717) is 18.5 Å². The van der Waals surface area contributed by atoms with E-state index in [1.165, 1.54) is 18.4 Å². The molecule has 2 N–H and O–H groups in total. The van der Waals surface area contributed by atoms with Gasteiger partial charge in [-0.1, -0.05) is 12.1 Å². The van der Waals surface area contributed by atoms with Crippen LogP contribution in [0.4, 0.5) is 0 Å². The highest BCUT2D eigenvalue weighted by Crippen LogP contribution is 2.26. The van der Waals surface area contributed by atoms with Crippen LogP contribution in [0.25, 0.3) is 0 Å². The third kappa shape index (κ3) is 5.46. The van der Waals surface area contributed by atoms with E-state index in [-0.39, 0.29) is 30.0 Å². The molecule has 1 aliphatic carbocycles. The van der Waals surface area contributed by atoms with Crippen molar-refractivity contribution in [2.75, 3.05) is 47.0 Å². The molecule has 140 valence electrons. The summed E-state index contributed by atoms with van der Waals surface area (Å²) >= 11 is 0. The Balaban J connectivity index is 0.00000225. The molecule has 6 nitrogen and oxygen atoms in total. The number of nitrogens with two attached hydrogens (primary N) is 1. The lowest BCUT2D eigenvalue weighted by Gasteiger charge is -2.34. The molecule has 1 aromatic carbocycles. The number of nitrogens with zero attached hydrogens (tertiary/aromatic N) is 3. The maximum absolute atomic E-state index is 6.17. The van der Waals surface area contributed by atoms with Crippen LogP contribution in [0.15, 0.2) is 29.3 Å². The Bertz CT molecular complexity index is 557. The number of rotatable bonds is 6. The summed E-state index contributed by atoms with van der Waals surface area (Å²) in [6.07, 6.45) is 2.44. The molecule has 1 saturated carbocycles. The van der Waals surface area contributed by atoms with Gasteiger partial charge in [0.2, 0.25) is 0 Å². The maximum Gasteiger partial charge on any atom is 0.191 e. The fourth-order valence-electron chi connectivity index (χ4n) is 3.09. The van der Waals surface area contributed by atoms with Gasteiger partial charge in [0.25, 0.3) is 0 Å². The number of hydrogen-bond acceptors (Lipinski definition) is 4. The van der Waals surface area contributed by atoms with Crippen molar-refractivity contribution in [3.63, 3.8) is 0 Å². The van der Waals surface area contributed by atoms with Gasteiger partial charge in [0.05, 0.1) is 32.9 Å². The quantitative estimate of drug-likeness (QED) is 0.400. The predicted molar refractivity (Wildman–Crippen MR) is 111 cm³/mol. The Kier molecular flexibility index (Phi) is 7.77. The van der Waals surface area contributed by atoms with E-state index in [9.17, 15) is 0 Å². The van der Waals surface area contributed by atoms with Crippen LogP contribution in [0, 0.1) is 0 Å². The number of hydrogen-bond donors (Lipinski definition) is 1. The first kappa shape index (κ1) is 20.3. The molecular weight excluding hydrogens is 431 g/mol. The Morgan fingerprint density at radius 1 is 1.32 bits per heavy atom. The molecule has 3 rings (SSSR count). The summed E-state index contributed by atoms with van der Waals surface area (Å²) in [7, 11) is 3.72. The Morgan fingerprint density at radius 3 is 2.52 bits per heavy atom. The van der Waals surface area contributed by atoms with Gasteiger partial charge >= 0.3 is 0 Å². The second kappa shape index (κ2) is 9.59. The first-order chi connectivity index (χ1) is 11.7. The van der Waals surface area contributed by atoms with Crippen LogP contribution in [0.3, 0.4) is 0 Å². The molecule has 0 bridgehead atoms. The van der Waals surface area contributed by atoms with Gasteiger partial charge < -0.3 is 20.1 Å². The summed E-state index contributed by atoms with van der Waals surface area (Å²) in [6.45, 7) is 4.05. The van der Waals surface area contributed by atoms with Gasteiger partial charge in [0.1, 0.15) is 5.75 Å². The van der Waals surface area contributed by atoms with Crippen LogP contribution in [-0.2, 0) is 4.74 Å². The van der Waals surface area contributed by atoms with E-state index in [0.717, 1.165) is 32.1 Å². The lowest BCUT2D eigenvalue weighted by molar-refractivity contribution is 0.0179. The van der Waals surface area contributed by atoms with E-state index in [4.69, 9.17) is 15.2 Å². The van der Waals surface area contributed by atoms with Crippen molar-refractivity contribution >= 4 is 29.9 Å². The molecule has 1 atom stereocenters. The van der Waals surface area contributed by atoms with Crippen molar-refractivity contribution in [3.05, 3.63) is 29.8 Å². The number of ether oxygens (including phenoxy) is 2. The lowest BCUT2D eigenvalue weighted by Crippen LogP contribution is -2.41. The van der Waals surface area contributed by atoms with Crippen LogP contribution in [0.1, 0.15) is 24.4 Å². The molecular formula is C18H29IN4O2. The average Bonchev–Trinajstić information content (AvgIpc) is 3.47. The highest BCUT2D eigenvalue weighted by Gasteiger charge is 2.28. The van der Waals surface area contributed by atoms with Crippen molar-refractivity contribution in [2.45, 2.75) is 24.9 Å². The molecule has 2 aliphatic rings. The fraction of sp³-hybridized carbons (Fsp3) is 0.611. The molecule has 0 spiro atoms. The van der Waals surface area contributed by atoms with Gasteiger partial charge in [-0.05, 0) is 30.5 Å². The van der Waals surface area contributed by atoms with Crippen LogP contribution in [0.5, 0.6) is 5.75 Å². The zero-order valence-electron chi connectivity index (χ0n) is 15.1. The third-order valence-electron chi connectivity index (χ3n) is 4.87. The SMILES string of the molecule is COc1ccc(C(CN=C(N)N(C)C2CC2)N2CCOCC2)cc1.I. The Hall–Kier alpha value is -1.06. The summed E-state index contributed by atoms with van der Waals surface area (Å²) in [5.74, 6) is 1.51. The zero-order chi connectivity index (χ0) is 16.9. The fourth-order valence-corrected chi connectivity index (χ4v) is 3.09. The molecule has 1 aliphatic heterocycles. The summed E-state index contributed by atoms with van der Waals surface area (Å²) in [5.41, 5.74) is 7.41. The van der Waals surface area contributed by atoms with Crippen molar-refractivity contribution in [1.82, 2.24) is 9.80 Å². The molecule has 1 heterocycles. The molecule has 1 saturated heterocycles.